The fraction of sp³-hybridized carbons (Fsp3) is 0.0213. The highest BCUT2D eigenvalue weighted by molar-refractivity contribution is 6.07. The van der Waals surface area contributed by atoms with Crippen LogP contribution in [0.25, 0.3) is 66.1 Å². The quantitative estimate of drug-likeness (QED) is 0.193. The largest absolute Gasteiger partial charge is 0.456 e. The van der Waals surface area contributed by atoms with E-state index in [1.807, 2.05) is 12.1 Å². The molecule has 0 saturated heterocycles. The zero-order valence-corrected chi connectivity index (χ0v) is 26.2. The highest BCUT2D eigenvalue weighted by atomic mass is 16.3. The van der Waals surface area contributed by atoms with Gasteiger partial charge in [-0.3, -0.25) is 0 Å². The third kappa shape index (κ3) is 3.85. The van der Waals surface area contributed by atoms with Crippen molar-refractivity contribution in [3.63, 3.8) is 0 Å². The molecule has 8 aromatic carbocycles. The smallest absolute Gasteiger partial charge is 0.136 e. The molecule has 9 aromatic rings. The van der Waals surface area contributed by atoms with Gasteiger partial charge in [0.2, 0.25) is 0 Å². The van der Waals surface area contributed by atoms with Crippen molar-refractivity contribution in [3.8, 4) is 33.4 Å². The van der Waals surface area contributed by atoms with Crippen LogP contribution in [0.2, 0.25) is 0 Å². The van der Waals surface area contributed by atoms with Gasteiger partial charge in [0.1, 0.15) is 11.2 Å². The van der Waals surface area contributed by atoms with E-state index < -0.39 is 5.41 Å². The molecule has 0 bridgehead atoms. The van der Waals surface area contributed by atoms with Crippen molar-refractivity contribution in [2.45, 2.75) is 5.41 Å². The Morgan fingerprint density at radius 1 is 0.354 bits per heavy atom. The molecule has 0 fully saturated rings. The van der Waals surface area contributed by atoms with Gasteiger partial charge < -0.3 is 4.42 Å². The average molecular weight is 611 g/mol. The maximum absolute atomic E-state index is 6.31. The highest BCUT2D eigenvalue weighted by Crippen LogP contribution is 2.58. The van der Waals surface area contributed by atoms with Crippen LogP contribution in [0, 0.1) is 0 Å². The lowest BCUT2D eigenvalue weighted by atomic mass is 9.66. The molecule has 0 amide bonds. The van der Waals surface area contributed by atoms with Crippen LogP contribution >= 0.6 is 0 Å². The van der Waals surface area contributed by atoms with E-state index in [2.05, 4.69) is 170 Å². The minimum atomic E-state index is -0.515. The lowest BCUT2D eigenvalue weighted by molar-refractivity contribution is 0.669. The Morgan fingerprint density at radius 2 is 0.917 bits per heavy atom. The van der Waals surface area contributed by atoms with Crippen LogP contribution in [-0.2, 0) is 5.41 Å². The third-order valence-corrected chi connectivity index (χ3v) is 10.3. The first-order chi connectivity index (χ1) is 23.8. The third-order valence-electron chi connectivity index (χ3n) is 10.3. The summed E-state index contributed by atoms with van der Waals surface area (Å²) in [6.45, 7) is 0. The Kier molecular flexibility index (Phi) is 5.86. The second-order valence-corrected chi connectivity index (χ2v) is 12.8. The monoisotopic (exact) mass is 610 g/mol. The molecule has 0 spiro atoms. The van der Waals surface area contributed by atoms with Crippen molar-refractivity contribution in [2.75, 3.05) is 0 Å². The topological polar surface area (TPSA) is 13.1 Å². The molecule has 0 atom stereocenters. The summed E-state index contributed by atoms with van der Waals surface area (Å²) in [6.07, 6.45) is 0. The van der Waals surface area contributed by atoms with Gasteiger partial charge in [0, 0.05) is 10.8 Å². The molecule has 0 saturated carbocycles. The van der Waals surface area contributed by atoms with Crippen molar-refractivity contribution in [3.05, 3.63) is 204 Å². The first-order valence-corrected chi connectivity index (χ1v) is 16.6. The fourth-order valence-electron chi connectivity index (χ4n) is 8.21. The molecule has 10 rings (SSSR count). The number of hydrogen-bond donors (Lipinski definition) is 0. The van der Waals surface area contributed by atoms with E-state index in [-0.39, 0.29) is 0 Å². The van der Waals surface area contributed by atoms with Crippen molar-refractivity contribution < 1.29 is 4.42 Å². The Hall–Kier alpha value is -6.18. The van der Waals surface area contributed by atoms with Gasteiger partial charge in [0.05, 0.1) is 5.41 Å². The molecular formula is C47H30O. The Morgan fingerprint density at radius 3 is 1.69 bits per heavy atom. The molecule has 1 heteroatoms. The summed E-state index contributed by atoms with van der Waals surface area (Å²) in [5.41, 5.74) is 13.8. The second kappa shape index (κ2) is 10.4. The normalized spacial score (nSPS) is 13.2. The van der Waals surface area contributed by atoms with Gasteiger partial charge in [-0.05, 0) is 96.7 Å². The standard InChI is InChI=1S/C47H30O/c1-4-12-31(13-5-1)34-23-25-38-41-27-22-32-20-21-33(35-24-26-40-39-18-10-11-19-44(39)48-45(40)30-35)28-42(32)46(41)47(43(38)29-34,36-14-6-2-7-15-36)37-16-8-3-9-17-37/h1-30H. The summed E-state index contributed by atoms with van der Waals surface area (Å²) in [5.74, 6) is 0. The van der Waals surface area contributed by atoms with Crippen LogP contribution in [-0.4, -0.2) is 0 Å². The van der Waals surface area contributed by atoms with E-state index in [1.165, 1.54) is 60.8 Å². The van der Waals surface area contributed by atoms with E-state index in [1.54, 1.807) is 0 Å². The molecular weight excluding hydrogens is 581 g/mol. The summed E-state index contributed by atoms with van der Waals surface area (Å²) in [6, 6.07) is 66.5. The summed E-state index contributed by atoms with van der Waals surface area (Å²) in [4.78, 5) is 0. The molecule has 1 aliphatic rings. The van der Waals surface area contributed by atoms with Crippen molar-refractivity contribution in [1.82, 2.24) is 0 Å². The van der Waals surface area contributed by atoms with E-state index in [0.717, 1.165) is 27.5 Å². The van der Waals surface area contributed by atoms with E-state index in [4.69, 9.17) is 4.42 Å². The van der Waals surface area contributed by atoms with Gasteiger partial charge >= 0.3 is 0 Å². The highest BCUT2D eigenvalue weighted by Gasteiger charge is 2.47. The predicted molar refractivity (Wildman–Crippen MR) is 199 cm³/mol. The number of furan rings is 1. The van der Waals surface area contributed by atoms with Gasteiger partial charge in [-0.1, -0.05) is 152 Å². The predicted octanol–water partition coefficient (Wildman–Crippen LogP) is 12.4. The lowest BCUT2D eigenvalue weighted by Gasteiger charge is -2.35. The van der Waals surface area contributed by atoms with Crippen LogP contribution in [0.1, 0.15) is 22.3 Å². The van der Waals surface area contributed by atoms with Crippen molar-refractivity contribution in [2.24, 2.45) is 0 Å². The average Bonchev–Trinajstić information content (AvgIpc) is 3.69. The SMILES string of the molecule is c1ccc(-c2ccc3c(c2)C(c2ccccc2)(c2ccccc2)c2c-3ccc3ccc(-c4ccc5c(c4)oc4ccccc45)cc23)cc1. The minimum Gasteiger partial charge on any atom is -0.456 e. The van der Waals surface area contributed by atoms with Gasteiger partial charge in [0.25, 0.3) is 0 Å². The molecule has 0 aliphatic heterocycles. The van der Waals surface area contributed by atoms with Crippen molar-refractivity contribution in [1.29, 1.82) is 0 Å². The van der Waals surface area contributed by atoms with Crippen LogP contribution in [0.15, 0.2) is 186 Å². The molecule has 1 aromatic heterocycles. The first kappa shape index (κ1) is 27.0. The van der Waals surface area contributed by atoms with Gasteiger partial charge in [-0.15, -0.1) is 0 Å². The first-order valence-electron chi connectivity index (χ1n) is 16.6. The number of rotatable bonds is 4. The maximum Gasteiger partial charge on any atom is 0.136 e. The van der Waals surface area contributed by atoms with Gasteiger partial charge in [0.15, 0.2) is 0 Å². The molecule has 1 aliphatic carbocycles. The summed E-state index contributed by atoms with van der Waals surface area (Å²) < 4.78 is 6.31. The van der Waals surface area contributed by atoms with E-state index in [0.29, 0.717) is 0 Å². The lowest BCUT2D eigenvalue weighted by Crippen LogP contribution is -2.28. The number of para-hydroxylation sites is 1. The molecule has 1 nitrogen and oxygen atoms in total. The molecule has 0 N–H and O–H groups in total. The van der Waals surface area contributed by atoms with Gasteiger partial charge in [-0.2, -0.15) is 0 Å². The maximum atomic E-state index is 6.31. The number of fused-ring (bicyclic) bond motifs is 8. The summed E-state index contributed by atoms with van der Waals surface area (Å²) in [7, 11) is 0. The minimum absolute atomic E-state index is 0.515. The molecule has 48 heavy (non-hydrogen) atoms. The van der Waals surface area contributed by atoms with Gasteiger partial charge in [-0.25, -0.2) is 0 Å². The van der Waals surface area contributed by atoms with E-state index in [9.17, 15) is 0 Å². The van der Waals surface area contributed by atoms with Crippen LogP contribution in [0.5, 0.6) is 0 Å². The van der Waals surface area contributed by atoms with Crippen LogP contribution < -0.4 is 0 Å². The second-order valence-electron chi connectivity index (χ2n) is 12.8. The Labute approximate surface area is 279 Å². The number of benzene rings is 8. The Balaban J connectivity index is 1.28. The number of hydrogen-bond acceptors (Lipinski definition) is 1. The molecule has 1 heterocycles. The van der Waals surface area contributed by atoms with E-state index >= 15 is 0 Å². The summed E-state index contributed by atoms with van der Waals surface area (Å²) >= 11 is 0. The molecule has 224 valence electrons. The molecule has 0 unspecified atom stereocenters. The van der Waals surface area contributed by atoms with Crippen LogP contribution in [0.3, 0.4) is 0 Å². The summed E-state index contributed by atoms with van der Waals surface area (Å²) in [5, 5.41) is 4.79. The zero-order chi connectivity index (χ0) is 31.7. The van der Waals surface area contributed by atoms with Crippen molar-refractivity contribution >= 4 is 32.7 Å². The van der Waals surface area contributed by atoms with Crippen LogP contribution in [0.4, 0.5) is 0 Å². The fourth-order valence-corrected chi connectivity index (χ4v) is 8.21. The Bertz CT molecular complexity index is 2610. The zero-order valence-electron chi connectivity index (χ0n) is 26.2. The molecule has 0 radical (unpaired) electrons.